The number of hydrogen-bond donors (Lipinski definition) is 0. The molecule has 0 spiro atoms. The molecule has 0 N–H and O–H groups in total. The number of rotatable bonds is 4. The van der Waals surface area contributed by atoms with Crippen LogP contribution in [0.4, 0.5) is 0 Å². The molecule has 0 aliphatic carbocycles. The number of pyridine rings is 1. The Labute approximate surface area is 143 Å². The molecule has 2 aliphatic heterocycles. The quantitative estimate of drug-likeness (QED) is 0.828. The lowest BCUT2D eigenvalue weighted by Gasteiger charge is -2.37. The summed E-state index contributed by atoms with van der Waals surface area (Å²) >= 11 is 0. The van der Waals surface area contributed by atoms with E-state index in [1.54, 1.807) is 19.3 Å². The van der Waals surface area contributed by atoms with Crippen molar-refractivity contribution in [1.29, 1.82) is 0 Å². The molecule has 0 radical (unpaired) electrons. The Morgan fingerprint density at radius 1 is 1.21 bits per heavy atom. The third kappa shape index (κ3) is 4.05. The lowest BCUT2D eigenvalue weighted by Crippen LogP contribution is -2.46. The number of nitrogens with zero attached hydrogens (tertiary/aromatic N) is 3. The van der Waals surface area contributed by atoms with Gasteiger partial charge in [0.25, 0.3) is 5.91 Å². The molecule has 6 heteroatoms. The molecule has 1 aromatic rings. The molecule has 2 saturated heterocycles. The SMILES string of the molecule is Cn1cc(C(=O)N2CCCCC2CCN2CCOCC2)ccc1=O. The fourth-order valence-electron chi connectivity index (χ4n) is 3.61. The molecule has 3 heterocycles. The molecule has 1 atom stereocenters. The van der Waals surface area contributed by atoms with Gasteiger partial charge in [0, 0.05) is 51.5 Å². The van der Waals surface area contributed by atoms with Gasteiger partial charge in [-0.05, 0) is 31.7 Å². The summed E-state index contributed by atoms with van der Waals surface area (Å²) in [5.74, 6) is 0.0530. The molecule has 24 heavy (non-hydrogen) atoms. The Balaban J connectivity index is 1.65. The standard InChI is InChI=1S/C18H27N3O3/c1-19-14-15(5-6-17(19)22)18(23)21-8-3-2-4-16(21)7-9-20-10-12-24-13-11-20/h5-6,14,16H,2-4,7-13H2,1H3. The van der Waals surface area contributed by atoms with Crippen LogP contribution in [0, 0.1) is 0 Å². The summed E-state index contributed by atoms with van der Waals surface area (Å²) in [6.45, 7) is 5.43. The highest BCUT2D eigenvalue weighted by Crippen LogP contribution is 2.22. The van der Waals surface area contributed by atoms with Gasteiger partial charge in [0.05, 0.1) is 18.8 Å². The molecule has 0 saturated carbocycles. The highest BCUT2D eigenvalue weighted by molar-refractivity contribution is 5.94. The van der Waals surface area contributed by atoms with E-state index in [0.29, 0.717) is 11.6 Å². The molecule has 1 unspecified atom stereocenters. The average molecular weight is 333 g/mol. The van der Waals surface area contributed by atoms with Gasteiger partial charge in [-0.2, -0.15) is 0 Å². The molecule has 3 rings (SSSR count). The summed E-state index contributed by atoms with van der Waals surface area (Å²) in [5.41, 5.74) is 0.518. The number of piperidine rings is 1. The van der Waals surface area contributed by atoms with E-state index in [9.17, 15) is 9.59 Å². The van der Waals surface area contributed by atoms with Gasteiger partial charge in [0.2, 0.25) is 5.56 Å². The van der Waals surface area contributed by atoms with Crippen molar-refractivity contribution in [2.75, 3.05) is 39.4 Å². The van der Waals surface area contributed by atoms with Crippen molar-refractivity contribution in [1.82, 2.24) is 14.4 Å². The Morgan fingerprint density at radius 3 is 2.75 bits per heavy atom. The Kier molecular flexibility index (Phi) is 5.68. The monoisotopic (exact) mass is 333 g/mol. The number of ether oxygens (including phenoxy) is 1. The zero-order chi connectivity index (χ0) is 16.9. The Morgan fingerprint density at radius 2 is 2.00 bits per heavy atom. The number of likely N-dealkylation sites (tertiary alicyclic amines) is 1. The minimum Gasteiger partial charge on any atom is -0.379 e. The summed E-state index contributed by atoms with van der Waals surface area (Å²) in [4.78, 5) is 28.9. The van der Waals surface area contributed by atoms with E-state index in [4.69, 9.17) is 4.74 Å². The van der Waals surface area contributed by atoms with Crippen LogP contribution in [0.15, 0.2) is 23.1 Å². The van der Waals surface area contributed by atoms with Crippen molar-refractivity contribution in [3.8, 4) is 0 Å². The van der Waals surface area contributed by atoms with E-state index in [1.165, 1.54) is 17.1 Å². The van der Waals surface area contributed by atoms with Gasteiger partial charge in [-0.1, -0.05) is 0 Å². The fraction of sp³-hybridized carbons (Fsp3) is 0.667. The third-order valence-corrected chi connectivity index (χ3v) is 5.10. The van der Waals surface area contributed by atoms with Crippen LogP contribution in [0.3, 0.4) is 0 Å². The summed E-state index contributed by atoms with van der Waals surface area (Å²) in [5, 5.41) is 0. The highest BCUT2D eigenvalue weighted by Gasteiger charge is 2.28. The van der Waals surface area contributed by atoms with Crippen molar-refractivity contribution < 1.29 is 9.53 Å². The van der Waals surface area contributed by atoms with Gasteiger partial charge >= 0.3 is 0 Å². The van der Waals surface area contributed by atoms with Crippen molar-refractivity contribution in [2.45, 2.75) is 31.7 Å². The van der Waals surface area contributed by atoms with Crippen LogP contribution in [0.2, 0.25) is 0 Å². The zero-order valence-electron chi connectivity index (χ0n) is 14.4. The predicted molar refractivity (Wildman–Crippen MR) is 92.2 cm³/mol. The largest absolute Gasteiger partial charge is 0.379 e. The van der Waals surface area contributed by atoms with Crippen molar-refractivity contribution in [3.63, 3.8) is 0 Å². The number of carbonyl (C=O) groups is 1. The minimum atomic E-state index is -0.0888. The Hall–Kier alpha value is -1.66. The number of carbonyl (C=O) groups excluding carboxylic acids is 1. The Bertz CT molecular complexity index is 622. The summed E-state index contributed by atoms with van der Waals surface area (Å²) < 4.78 is 6.87. The van der Waals surface area contributed by atoms with Crippen LogP contribution in [0.5, 0.6) is 0 Å². The molecule has 1 amide bonds. The summed E-state index contributed by atoms with van der Waals surface area (Å²) in [6, 6.07) is 3.42. The predicted octanol–water partition coefficient (Wildman–Crippen LogP) is 1.10. The molecule has 6 nitrogen and oxygen atoms in total. The summed E-state index contributed by atoms with van der Waals surface area (Å²) in [6.07, 6.45) is 5.98. The second kappa shape index (κ2) is 7.94. The molecule has 2 aliphatic rings. The van der Waals surface area contributed by atoms with E-state index in [2.05, 4.69) is 4.90 Å². The number of aromatic nitrogens is 1. The fourth-order valence-corrected chi connectivity index (χ4v) is 3.61. The van der Waals surface area contributed by atoms with Crippen LogP contribution in [-0.4, -0.2) is 65.7 Å². The first-order valence-electron chi connectivity index (χ1n) is 8.93. The second-order valence-corrected chi connectivity index (χ2v) is 6.76. The van der Waals surface area contributed by atoms with Crippen LogP contribution in [0.25, 0.3) is 0 Å². The normalized spacial score (nSPS) is 22.5. The van der Waals surface area contributed by atoms with Crippen molar-refractivity contribution >= 4 is 5.91 Å². The maximum atomic E-state index is 12.9. The van der Waals surface area contributed by atoms with Crippen molar-refractivity contribution in [2.24, 2.45) is 7.05 Å². The first kappa shape index (κ1) is 17.2. The van der Waals surface area contributed by atoms with E-state index < -0.39 is 0 Å². The van der Waals surface area contributed by atoms with Gasteiger partial charge in [-0.25, -0.2) is 0 Å². The van der Waals surface area contributed by atoms with Gasteiger partial charge in [0.1, 0.15) is 0 Å². The maximum absolute atomic E-state index is 12.9. The molecule has 132 valence electrons. The molecule has 1 aromatic heterocycles. The van der Waals surface area contributed by atoms with E-state index in [-0.39, 0.29) is 11.5 Å². The first-order chi connectivity index (χ1) is 11.6. The third-order valence-electron chi connectivity index (χ3n) is 5.10. The van der Waals surface area contributed by atoms with Crippen molar-refractivity contribution in [3.05, 3.63) is 34.2 Å². The number of hydrogen-bond acceptors (Lipinski definition) is 4. The van der Waals surface area contributed by atoms with E-state index in [1.807, 2.05) is 4.90 Å². The smallest absolute Gasteiger partial charge is 0.255 e. The van der Waals surface area contributed by atoms with E-state index >= 15 is 0 Å². The zero-order valence-corrected chi connectivity index (χ0v) is 14.4. The number of amides is 1. The van der Waals surface area contributed by atoms with Crippen LogP contribution < -0.4 is 5.56 Å². The molecular weight excluding hydrogens is 306 g/mol. The topological polar surface area (TPSA) is 54.8 Å². The maximum Gasteiger partial charge on any atom is 0.255 e. The van der Waals surface area contributed by atoms with Gasteiger partial charge in [-0.15, -0.1) is 0 Å². The summed E-state index contributed by atoms with van der Waals surface area (Å²) in [7, 11) is 1.69. The molecule has 0 aromatic carbocycles. The van der Waals surface area contributed by atoms with Crippen LogP contribution >= 0.6 is 0 Å². The lowest BCUT2D eigenvalue weighted by atomic mass is 9.98. The lowest BCUT2D eigenvalue weighted by molar-refractivity contribution is 0.0295. The van der Waals surface area contributed by atoms with Gasteiger partial charge < -0.3 is 14.2 Å². The molecular formula is C18H27N3O3. The van der Waals surface area contributed by atoms with Gasteiger partial charge in [-0.3, -0.25) is 14.5 Å². The van der Waals surface area contributed by atoms with Crippen LogP contribution in [0.1, 0.15) is 36.0 Å². The van der Waals surface area contributed by atoms with Crippen LogP contribution in [-0.2, 0) is 11.8 Å². The minimum absolute atomic E-state index is 0.0530. The second-order valence-electron chi connectivity index (χ2n) is 6.76. The number of morpholine rings is 1. The molecule has 2 fully saturated rings. The highest BCUT2D eigenvalue weighted by atomic mass is 16.5. The first-order valence-corrected chi connectivity index (χ1v) is 8.93. The number of aryl methyl sites for hydroxylation is 1. The average Bonchev–Trinajstić information content (AvgIpc) is 2.63. The molecule has 0 bridgehead atoms. The van der Waals surface area contributed by atoms with Gasteiger partial charge in [0.15, 0.2) is 0 Å². The van der Waals surface area contributed by atoms with E-state index in [0.717, 1.165) is 58.7 Å².